The summed E-state index contributed by atoms with van der Waals surface area (Å²) in [6.07, 6.45) is -0.0728. The Labute approximate surface area is 138 Å². The zero-order valence-electron chi connectivity index (χ0n) is 13.2. The lowest BCUT2D eigenvalue weighted by Gasteiger charge is -2.32. The van der Waals surface area contributed by atoms with Gasteiger partial charge < -0.3 is 18.8 Å². The third-order valence-corrected chi connectivity index (χ3v) is 4.16. The topological polar surface area (TPSA) is 47.7 Å². The number of benzene rings is 2. The Morgan fingerprint density at radius 2 is 2.04 bits per heavy atom. The Morgan fingerprint density at radius 1 is 1.21 bits per heavy atom. The summed E-state index contributed by atoms with van der Waals surface area (Å²) < 4.78 is 30.1. The maximum Gasteiger partial charge on any atom is 0.298 e. The maximum absolute atomic E-state index is 13.3. The van der Waals surface area contributed by atoms with Crippen molar-refractivity contribution in [3.63, 3.8) is 0 Å². The highest BCUT2D eigenvalue weighted by molar-refractivity contribution is 5.74. The molecule has 0 bridgehead atoms. The number of ether oxygens (including phenoxy) is 2. The van der Waals surface area contributed by atoms with Gasteiger partial charge in [-0.25, -0.2) is 4.39 Å². The second kappa shape index (κ2) is 6.13. The molecule has 1 atom stereocenters. The third kappa shape index (κ3) is 2.80. The van der Waals surface area contributed by atoms with Gasteiger partial charge in [-0.1, -0.05) is 12.1 Å². The van der Waals surface area contributed by atoms with Crippen LogP contribution in [0, 0.1) is 5.82 Å². The lowest BCUT2D eigenvalue weighted by Crippen LogP contribution is -2.38. The normalized spacial score (nSPS) is 18.1. The lowest BCUT2D eigenvalue weighted by molar-refractivity contribution is 0.0381. The van der Waals surface area contributed by atoms with Crippen molar-refractivity contribution in [3.05, 3.63) is 53.8 Å². The number of rotatable bonds is 3. The van der Waals surface area contributed by atoms with E-state index in [1.54, 1.807) is 13.2 Å². The number of fused-ring (bicyclic) bond motifs is 1. The Morgan fingerprint density at radius 3 is 2.83 bits per heavy atom. The minimum absolute atomic E-state index is 0.0728. The number of nitrogens with zero attached hydrogens (tertiary/aromatic N) is 2. The summed E-state index contributed by atoms with van der Waals surface area (Å²) in [4.78, 5) is 6.47. The molecule has 0 N–H and O–H groups in total. The Bertz CT molecular complexity index is 847. The van der Waals surface area contributed by atoms with E-state index in [1.807, 2.05) is 29.2 Å². The molecule has 1 aliphatic rings. The summed E-state index contributed by atoms with van der Waals surface area (Å²) in [6, 6.07) is 12.7. The van der Waals surface area contributed by atoms with E-state index in [1.165, 1.54) is 12.1 Å². The van der Waals surface area contributed by atoms with Gasteiger partial charge in [0.25, 0.3) is 6.01 Å². The minimum Gasteiger partial charge on any atom is -0.497 e. The summed E-state index contributed by atoms with van der Waals surface area (Å²) in [5.74, 6) is 0.482. The van der Waals surface area contributed by atoms with Gasteiger partial charge in [-0.05, 0) is 29.8 Å². The van der Waals surface area contributed by atoms with Crippen LogP contribution in [0.1, 0.15) is 11.7 Å². The van der Waals surface area contributed by atoms with Crippen LogP contribution in [0.15, 0.2) is 46.9 Å². The van der Waals surface area contributed by atoms with E-state index in [2.05, 4.69) is 4.98 Å². The molecule has 5 nitrogen and oxygen atoms in total. The van der Waals surface area contributed by atoms with Crippen LogP contribution < -0.4 is 9.64 Å². The van der Waals surface area contributed by atoms with E-state index in [0.717, 1.165) is 11.3 Å². The summed E-state index contributed by atoms with van der Waals surface area (Å²) in [7, 11) is 1.64. The molecule has 0 amide bonds. The van der Waals surface area contributed by atoms with E-state index in [-0.39, 0.29) is 11.9 Å². The first-order valence-electron chi connectivity index (χ1n) is 7.79. The van der Waals surface area contributed by atoms with Crippen LogP contribution in [0.4, 0.5) is 10.4 Å². The molecule has 0 aliphatic carbocycles. The molecule has 1 fully saturated rings. The van der Waals surface area contributed by atoms with Crippen LogP contribution in [0.5, 0.6) is 5.75 Å². The number of methoxy groups -OCH3 is 1. The number of hydrogen-bond acceptors (Lipinski definition) is 5. The third-order valence-electron chi connectivity index (χ3n) is 4.16. The van der Waals surface area contributed by atoms with E-state index in [0.29, 0.717) is 36.8 Å². The molecule has 0 spiro atoms. The summed E-state index contributed by atoms with van der Waals surface area (Å²) >= 11 is 0. The quantitative estimate of drug-likeness (QED) is 0.736. The standard InChI is InChI=1S/C18H17FN2O3/c1-22-14-5-2-12(3-6-14)17-11-21(8-9-23-17)18-20-15-7-4-13(19)10-16(15)24-18/h2-7,10,17H,8-9,11H2,1H3. The van der Waals surface area contributed by atoms with Gasteiger partial charge in [0.1, 0.15) is 23.2 Å². The second-order valence-corrected chi connectivity index (χ2v) is 5.69. The van der Waals surface area contributed by atoms with Gasteiger partial charge in [-0.15, -0.1) is 0 Å². The van der Waals surface area contributed by atoms with Crippen LogP contribution in [0.25, 0.3) is 11.1 Å². The molecule has 0 radical (unpaired) electrons. The number of morpholine rings is 1. The van der Waals surface area contributed by atoms with Gasteiger partial charge in [0.2, 0.25) is 0 Å². The molecule has 1 aliphatic heterocycles. The Hall–Kier alpha value is -2.60. The highest BCUT2D eigenvalue weighted by Crippen LogP contribution is 2.29. The Kier molecular flexibility index (Phi) is 3.82. The molecule has 24 heavy (non-hydrogen) atoms. The number of oxazole rings is 1. The van der Waals surface area contributed by atoms with Gasteiger partial charge >= 0.3 is 0 Å². The molecular formula is C18H17FN2O3. The SMILES string of the molecule is COc1ccc(C2CN(c3nc4ccc(F)cc4o3)CCO2)cc1. The predicted octanol–water partition coefficient (Wildman–Crippen LogP) is 3.55. The van der Waals surface area contributed by atoms with Crippen molar-refractivity contribution in [2.75, 3.05) is 31.7 Å². The zero-order valence-corrected chi connectivity index (χ0v) is 13.2. The summed E-state index contributed by atoms with van der Waals surface area (Å²) in [5, 5.41) is 0. The molecule has 4 rings (SSSR count). The van der Waals surface area contributed by atoms with Crippen molar-refractivity contribution >= 4 is 17.1 Å². The fourth-order valence-corrected chi connectivity index (χ4v) is 2.86. The molecule has 3 aromatic rings. The number of hydrogen-bond donors (Lipinski definition) is 0. The van der Waals surface area contributed by atoms with Crippen LogP contribution in [-0.4, -0.2) is 31.8 Å². The fourth-order valence-electron chi connectivity index (χ4n) is 2.86. The smallest absolute Gasteiger partial charge is 0.298 e. The highest BCUT2D eigenvalue weighted by atomic mass is 19.1. The zero-order chi connectivity index (χ0) is 16.5. The van der Waals surface area contributed by atoms with Crippen molar-refractivity contribution in [2.24, 2.45) is 0 Å². The van der Waals surface area contributed by atoms with Crippen molar-refractivity contribution < 1.29 is 18.3 Å². The second-order valence-electron chi connectivity index (χ2n) is 5.69. The van der Waals surface area contributed by atoms with Crippen LogP contribution >= 0.6 is 0 Å². The fraction of sp³-hybridized carbons (Fsp3) is 0.278. The van der Waals surface area contributed by atoms with Gasteiger partial charge in [0.15, 0.2) is 5.58 Å². The van der Waals surface area contributed by atoms with Gasteiger partial charge in [-0.3, -0.25) is 0 Å². The van der Waals surface area contributed by atoms with Crippen LogP contribution in [0.2, 0.25) is 0 Å². The van der Waals surface area contributed by atoms with Crippen molar-refractivity contribution in [2.45, 2.75) is 6.10 Å². The molecule has 1 aromatic heterocycles. The first kappa shape index (κ1) is 15.0. The first-order valence-corrected chi connectivity index (χ1v) is 7.79. The molecule has 6 heteroatoms. The van der Waals surface area contributed by atoms with Crippen LogP contribution in [0.3, 0.4) is 0 Å². The predicted molar refractivity (Wildman–Crippen MR) is 87.9 cm³/mol. The monoisotopic (exact) mass is 328 g/mol. The summed E-state index contributed by atoms with van der Waals surface area (Å²) in [6.45, 7) is 1.88. The maximum atomic E-state index is 13.3. The number of halogens is 1. The average molecular weight is 328 g/mol. The van der Waals surface area contributed by atoms with Crippen molar-refractivity contribution in [3.8, 4) is 5.75 Å². The Balaban J connectivity index is 1.56. The van der Waals surface area contributed by atoms with E-state index < -0.39 is 0 Å². The molecule has 1 unspecified atom stereocenters. The minimum atomic E-state index is -0.330. The van der Waals surface area contributed by atoms with Gasteiger partial charge in [0, 0.05) is 12.6 Å². The first-order chi connectivity index (χ1) is 11.7. The lowest BCUT2D eigenvalue weighted by atomic mass is 10.1. The summed E-state index contributed by atoms with van der Waals surface area (Å²) in [5.41, 5.74) is 2.18. The largest absolute Gasteiger partial charge is 0.497 e. The molecule has 2 heterocycles. The average Bonchev–Trinajstić information content (AvgIpc) is 3.05. The van der Waals surface area contributed by atoms with Gasteiger partial charge in [-0.2, -0.15) is 4.98 Å². The van der Waals surface area contributed by atoms with E-state index in [4.69, 9.17) is 13.9 Å². The van der Waals surface area contributed by atoms with Gasteiger partial charge in [0.05, 0.1) is 20.3 Å². The number of anilines is 1. The van der Waals surface area contributed by atoms with E-state index >= 15 is 0 Å². The van der Waals surface area contributed by atoms with E-state index in [9.17, 15) is 4.39 Å². The van der Waals surface area contributed by atoms with Crippen molar-refractivity contribution in [1.29, 1.82) is 0 Å². The van der Waals surface area contributed by atoms with Crippen LogP contribution in [-0.2, 0) is 4.74 Å². The molecular weight excluding hydrogens is 311 g/mol. The molecule has 1 saturated heterocycles. The molecule has 2 aromatic carbocycles. The molecule has 0 saturated carbocycles. The highest BCUT2D eigenvalue weighted by Gasteiger charge is 2.25. The van der Waals surface area contributed by atoms with Crippen molar-refractivity contribution in [1.82, 2.24) is 4.98 Å². The molecule has 124 valence electrons. The number of aromatic nitrogens is 1.